The summed E-state index contributed by atoms with van der Waals surface area (Å²) in [4.78, 5) is 28.8. The van der Waals surface area contributed by atoms with Gasteiger partial charge >= 0.3 is 0 Å². The van der Waals surface area contributed by atoms with Crippen LogP contribution < -0.4 is 9.64 Å². The van der Waals surface area contributed by atoms with Gasteiger partial charge in [0.2, 0.25) is 10.9 Å². The third-order valence-corrected chi connectivity index (χ3v) is 9.32. The number of hydrogen-bond acceptors (Lipinski definition) is 9. The van der Waals surface area contributed by atoms with Crippen LogP contribution in [0.3, 0.4) is 0 Å². The van der Waals surface area contributed by atoms with Crippen LogP contribution in [0.25, 0.3) is 11.0 Å². The molecule has 3 heterocycles. The van der Waals surface area contributed by atoms with Gasteiger partial charge < -0.3 is 14.3 Å². The average Bonchev–Trinajstić information content (AvgIpc) is 3.73. The number of nitrogens with zero attached hydrogens (tertiary/aromatic N) is 3. The van der Waals surface area contributed by atoms with Crippen LogP contribution in [-0.4, -0.2) is 33.6 Å². The first kappa shape index (κ1) is 29.0. The number of fused-ring (bicyclic) bond motifs is 1. The SMILES string of the molecule is CCCCOc1ccc([C@@H]2C(C(=O)c3cc4ccccc4o3)=C(O)C(=O)N2c2nnc(SCc3ccc(Cl)cc3)s2)cc1. The van der Waals surface area contributed by atoms with E-state index in [1.54, 1.807) is 36.4 Å². The molecule has 218 valence electrons. The Balaban J connectivity index is 1.33. The third-order valence-electron chi connectivity index (χ3n) is 6.94. The zero-order valence-electron chi connectivity index (χ0n) is 23.0. The van der Waals surface area contributed by atoms with E-state index in [1.165, 1.54) is 28.0 Å². The summed E-state index contributed by atoms with van der Waals surface area (Å²) in [5.74, 6) is -0.647. The predicted molar refractivity (Wildman–Crippen MR) is 168 cm³/mol. The van der Waals surface area contributed by atoms with Gasteiger partial charge in [-0.3, -0.25) is 14.5 Å². The van der Waals surface area contributed by atoms with E-state index in [9.17, 15) is 14.7 Å². The number of hydrogen-bond donors (Lipinski definition) is 1. The normalized spacial score (nSPS) is 15.1. The van der Waals surface area contributed by atoms with E-state index in [4.69, 9.17) is 20.8 Å². The molecular formula is C32H26ClN3O5S2. The van der Waals surface area contributed by atoms with Crippen LogP contribution in [0, 0.1) is 0 Å². The minimum atomic E-state index is -0.958. The van der Waals surface area contributed by atoms with Crippen LogP contribution in [-0.2, 0) is 10.5 Å². The summed E-state index contributed by atoms with van der Waals surface area (Å²) in [6, 6.07) is 22.6. The maximum Gasteiger partial charge on any atom is 0.296 e. The van der Waals surface area contributed by atoms with Crippen molar-refractivity contribution >= 4 is 62.5 Å². The number of aliphatic hydroxyl groups excluding tert-OH is 1. The Hall–Kier alpha value is -4.12. The summed E-state index contributed by atoms with van der Waals surface area (Å²) in [6.07, 6.45) is 1.94. The van der Waals surface area contributed by atoms with E-state index in [2.05, 4.69) is 17.1 Å². The smallest absolute Gasteiger partial charge is 0.296 e. The van der Waals surface area contributed by atoms with E-state index in [1.807, 2.05) is 42.5 Å². The number of para-hydroxylation sites is 1. The van der Waals surface area contributed by atoms with Gasteiger partial charge in [0.05, 0.1) is 18.2 Å². The molecule has 0 saturated carbocycles. The summed E-state index contributed by atoms with van der Waals surface area (Å²) in [6.45, 7) is 2.67. The van der Waals surface area contributed by atoms with Gasteiger partial charge in [0.15, 0.2) is 15.9 Å². The summed E-state index contributed by atoms with van der Waals surface area (Å²) in [5.41, 5.74) is 2.10. The molecule has 0 radical (unpaired) electrons. The molecule has 6 rings (SSSR count). The molecule has 11 heteroatoms. The lowest BCUT2D eigenvalue weighted by molar-refractivity contribution is -0.117. The number of rotatable bonds is 11. The molecule has 2 aromatic heterocycles. The molecular weight excluding hydrogens is 606 g/mol. The van der Waals surface area contributed by atoms with Crippen molar-refractivity contribution in [2.24, 2.45) is 0 Å². The third kappa shape index (κ3) is 6.04. The zero-order valence-corrected chi connectivity index (χ0v) is 25.4. The molecule has 0 aliphatic carbocycles. The standard InChI is InChI=1S/C32H26ClN3O5S2/c1-2-3-16-40-23-14-10-20(11-15-23)27-26(28(37)25-17-21-6-4-5-7-24(21)41-25)29(38)30(39)36(27)31-34-35-32(43-31)42-18-19-8-12-22(33)13-9-19/h4-15,17,27,38H,2-3,16,18H2,1H3/t27-/m1/s1. The van der Waals surface area contributed by atoms with E-state index in [0.717, 1.165) is 23.8 Å². The number of unbranched alkanes of at least 4 members (excludes halogenated alkanes) is 1. The topological polar surface area (TPSA) is 106 Å². The number of thioether (sulfide) groups is 1. The van der Waals surface area contributed by atoms with Crippen LogP contribution in [0.5, 0.6) is 5.75 Å². The highest BCUT2D eigenvalue weighted by Gasteiger charge is 2.46. The number of carbonyl (C=O) groups excluding carboxylic acids is 2. The van der Waals surface area contributed by atoms with Crippen molar-refractivity contribution in [2.75, 3.05) is 11.5 Å². The van der Waals surface area contributed by atoms with Crippen molar-refractivity contribution in [2.45, 2.75) is 35.9 Å². The number of benzene rings is 3. The Bertz CT molecular complexity index is 1780. The summed E-state index contributed by atoms with van der Waals surface area (Å²) in [5, 5.41) is 21.4. The van der Waals surface area contributed by atoms with E-state index >= 15 is 0 Å². The highest BCUT2D eigenvalue weighted by molar-refractivity contribution is 8.00. The molecule has 1 atom stereocenters. The Labute approximate surface area is 260 Å². The number of amides is 1. The Morgan fingerprint density at radius 1 is 1.09 bits per heavy atom. The van der Waals surface area contributed by atoms with Crippen molar-refractivity contribution in [1.82, 2.24) is 10.2 Å². The Kier molecular flexibility index (Phi) is 8.51. The van der Waals surface area contributed by atoms with Crippen molar-refractivity contribution in [3.63, 3.8) is 0 Å². The van der Waals surface area contributed by atoms with Gasteiger partial charge in [-0.15, -0.1) is 10.2 Å². The molecule has 0 fully saturated rings. The number of ether oxygens (including phenoxy) is 1. The quantitative estimate of drug-likeness (QED) is 0.0673. The molecule has 1 amide bonds. The van der Waals surface area contributed by atoms with Crippen LogP contribution in [0.2, 0.25) is 5.02 Å². The van der Waals surface area contributed by atoms with Gasteiger partial charge in [-0.2, -0.15) is 0 Å². The number of aromatic nitrogens is 2. The van der Waals surface area contributed by atoms with Crippen molar-refractivity contribution in [1.29, 1.82) is 0 Å². The lowest BCUT2D eigenvalue weighted by Crippen LogP contribution is -2.31. The van der Waals surface area contributed by atoms with Crippen LogP contribution >= 0.6 is 34.7 Å². The maximum atomic E-state index is 13.9. The number of Topliss-reactive ketones (excluding diaryl/α,β-unsaturated/α-hetero) is 1. The maximum absolute atomic E-state index is 13.9. The molecule has 5 aromatic rings. The summed E-state index contributed by atoms with van der Waals surface area (Å²) >= 11 is 8.67. The fourth-order valence-corrected chi connectivity index (χ4v) is 6.69. The van der Waals surface area contributed by atoms with Gasteiger partial charge in [-0.05, 0) is 53.9 Å². The minimum absolute atomic E-state index is 0.0263. The molecule has 0 saturated heterocycles. The van der Waals surface area contributed by atoms with E-state index in [-0.39, 0.29) is 16.5 Å². The number of anilines is 1. The fraction of sp³-hybridized carbons (Fsp3) is 0.188. The lowest BCUT2D eigenvalue weighted by Gasteiger charge is -2.24. The van der Waals surface area contributed by atoms with Crippen LogP contribution in [0.15, 0.2) is 99.0 Å². The number of ketones is 1. The van der Waals surface area contributed by atoms with E-state index in [0.29, 0.717) is 38.6 Å². The first-order valence-corrected chi connectivity index (χ1v) is 15.8. The molecule has 0 unspecified atom stereocenters. The minimum Gasteiger partial charge on any atom is -0.503 e. The fourth-order valence-electron chi connectivity index (χ4n) is 4.74. The van der Waals surface area contributed by atoms with Crippen molar-refractivity contribution in [3.05, 3.63) is 112 Å². The molecule has 8 nitrogen and oxygen atoms in total. The second-order valence-electron chi connectivity index (χ2n) is 9.85. The number of aliphatic hydroxyl groups is 1. The van der Waals surface area contributed by atoms with Crippen LogP contribution in [0.1, 0.15) is 47.5 Å². The highest BCUT2D eigenvalue weighted by atomic mass is 35.5. The Morgan fingerprint density at radius 2 is 1.86 bits per heavy atom. The highest BCUT2D eigenvalue weighted by Crippen LogP contribution is 2.44. The predicted octanol–water partition coefficient (Wildman–Crippen LogP) is 8.19. The zero-order chi connectivity index (χ0) is 29.9. The van der Waals surface area contributed by atoms with E-state index < -0.39 is 23.5 Å². The van der Waals surface area contributed by atoms with Gasteiger partial charge in [0, 0.05) is 16.2 Å². The number of furan rings is 1. The lowest BCUT2D eigenvalue weighted by atomic mass is 9.95. The van der Waals surface area contributed by atoms with Gasteiger partial charge in [0.25, 0.3) is 5.91 Å². The second kappa shape index (κ2) is 12.6. The monoisotopic (exact) mass is 631 g/mol. The average molecular weight is 632 g/mol. The molecule has 0 spiro atoms. The van der Waals surface area contributed by atoms with Crippen molar-refractivity contribution < 1.29 is 23.8 Å². The molecule has 1 N–H and O–H groups in total. The first-order valence-electron chi connectivity index (χ1n) is 13.7. The number of halogens is 1. The van der Waals surface area contributed by atoms with Gasteiger partial charge in [-0.25, -0.2) is 0 Å². The van der Waals surface area contributed by atoms with Gasteiger partial charge in [-0.1, -0.05) is 90.5 Å². The van der Waals surface area contributed by atoms with Crippen molar-refractivity contribution in [3.8, 4) is 5.75 Å². The molecule has 43 heavy (non-hydrogen) atoms. The summed E-state index contributed by atoms with van der Waals surface area (Å²) in [7, 11) is 0. The molecule has 1 aliphatic heterocycles. The number of carbonyl (C=O) groups is 2. The summed E-state index contributed by atoms with van der Waals surface area (Å²) < 4.78 is 12.3. The first-order chi connectivity index (χ1) is 20.9. The molecule has 0 bridgehead atoms. The van der Waals surface area contributed by atoms with Crippen LogP contribution in [0.4, 0.5) is 5.13 Å². The Morgan fingerprint density at radius 3 is 2.60 bits per heavy atom. The van der Waals surface area contributed by atoms with Gasteiger partial charge in [0.1, 0.15) is 11.3 Å². The largest absolute Gasteiger partial charge is 0.503 e. The molecule has 3 aromatic carbocycles. The molecule has 1 aliphatic rings. The second-order valence-corrected chi connectivity index (χ2v) is 12.5.